The largest absolute Gasteiger partial charge is 0.496 e. The first-order valence-corrected chi connectivity index (χ1v) is 9.37. The maximum atomic E-state index is 12.8. The van der Waals surface area contributed by atoms with Gasteiger partial charge < -0.3 is 14.1 Å². The molecule has 2 heterocycles. The molecule has 1 aliphatic rings. The summed E-state index contributed by atoms with van der Waals surface area (Å²) in [4.78, 5) is 14.8. The Balaban J connectivity index is 1.65. The van der Waals surface area contributed by atoms with Crippen LogP contribution in [0.2, 0.25) is 0 Å². The molecule has 26 heavy (non-hydrogen) atoms. The summed E-state index contributed by atoms with van der Waals surface area (Å²) in [5, 5.41) is 8.28. The lowest BCUT2D eigenvalue weighted by atomic mass is 9.89. The monoisotopic (exact) mass is 357 g/mol. The van der Waals surface area contributed by atoms with Crippen LogP contribution in [0.1, 0.15) is 56.4 Å². The Bertz CT molecular complexity index is 743. The van der Waals surface area contributed by atoms with Crippen LogP contribution in [-0.2, 0) is 17.6 Å². The minimum Gasteiger partial charge on any atom is -0.496 e. The van der Waals surface area contributed by atoms with Gasteiger partial charge in [0.25, 0.3) is 0 Å². The second kappa shape index (κ2) is 8.34. The van der Waals surface area contributed by atoms with Crippen molar-refractivity contribution in [3.8, 4) is 5.75 Å². The first-order chi connectivity index (χ1) is 12.6. The molecule has 1 aliphatic heterocycles. The lowest BCUT2D eigenvalue weighted by Gasteiger charge is -2.38. The van der Waals surface area contributed by atoms with Gasteiger partial charge in [-0.15, -0.1) is 10.2 Å². The summed E-state index contributed by atoms with van der Waals surface area (Å²) in [5.41, 5.74) is 1.06. The number of carbonyl (C=O) groups is 1. The number of ether oxygens (including phenoxy) is 1. The summed E-state index contributed by atoms with van der Waals surface area (Å²) >= 11 is 0. The normalized spacial score (nSPS) is 20.2. The molecular weight excluding hydrogens is 330 g/mol. The minimum atomic E-state index is 0.0686. The zero-order valence-corrected chi connectivity index (χ0v) is 15.8. The van der Waals surface area contributed by atoms with Crippen molar-refractivity contribution in [2.24, 2.45) is 0 Å². The van der Waals surface area contributed by atoms with Gasteiger partial charge >= 0.3 is 0 Å². The molecule has 140 valence electrons. The van der Waals surface area contributed by atoms with E-state index in [4.69, 9.17) is 9.15 Å². The number of aryl methyl sites for hydroxylation is 2. The van der Waals surface area contributed by atoms with Crippen molar-refractivity contribution in [2.75, 3.05) is 13.7 Å². The van der Waals surface area contributed by atoms with Gasteiger partial charge in [-0.3, -0.25) is 4.79 Å². The lowest BCUT2D eigenvalue weighted by Crippen LogP contribution is -2.46. The molecule has 0 unspecified atom stereocenters. The standard InChI is InChI=1S/C20H27N3O3/c1-4-18-21-22-20(26-18)16-9-7-13-23(14(16)2)19(24)12-11-15-8-5-6-10-17(15)25-3/h5-6,8,10,14,16H,4,7,9,11-13H2,1-3H3/t14-,16-/m0/s1. The van der Waals surface area contributed by atoms with E-state index < -0.39 is 0 Å². The Hall–Kier alpha value is -2.37. The molecular formula is C20H27N3O3. The third-order valence-electron chi connectivity index (χ3n) is 5.21. The van der Waals surface area contributed by atoms with E-state index in [1.54, 1.807) is 7.11 Å². The van der Waals surface area contributed by atoms with E-state index in [1.165, 1.54) is 0 Å². The SMILES string of the molecule is CCc1nnc([C@H]2CCCN(C(=O)CCc3ccccc3OC)[C@H]2C)o1. The zero-order chi connectivity index (χ0) is 18.5. The Labute approximate surface area is 154 Å². The van der Waals surface area contributed by atoms with Crippen LogP contribution >= 0.6 is 0 Å². The third-order valence-corrected chi connectivity index (χ3v) is 5.21. The van der Waals surface area contributed by atoms with Crippen LogP contribution in [0.15, 0.2) is 28.7 Å². The van der Waals surface area contributed by atoms with Crippen molar-refractivity contribution < 1.29 is 13.9 Å². The van der Waals surface area contributed by atoms with Gasteiger partial charge in [0.2, 0.25) is 17.7 Å². The fourth-order valence-electron chi connectivity index (χ4n) is 3.68. The third kappa shape index (κ3) is 3.89. The summed E-state index contributed by atoms with van der Waals surface area (Å²) in [5.74, 6) is 2.45. The highest BCUT2D eigenvalue weighted by atomic mass is 16.5. The number of hydrogen-bond acceptors (Lipinski definition) is 5. The first-order valence-electron chi connectivity index (χ1n) is 9.37. The van der Waals surface area contributed by atoms with Crippen LogP contribution in [0.4, 0.5) is 0 Å². The summed E-state index contributed by atoms with van der Waals surface area (Å²) in [6, 6.07) is 7.93. The van der Waals surface area contributed by atoms with Crippen molar-refractivity contribution >= 4 is 5.91 Å². The van der Waals surface area contributed by atoms with Gasteiger partial charge in [-0.25, -0.2) is 0 Å². The van der Waals surface area contributed by atoms with Crippen LogP contribution in [0, 0.1) is 0 Å². The van der Waals surface area contributed by atoms with Crippen LogP contribution < -0.4 is 4.74 Å². The Morgan fingerprint density at radius 2 is 2.15 bits per heavy atom. The number of hydrogen-bond donors (Lipinski definition) is 0. The number of rotatable bonds is 6. The summed E-state index contributed by atoms with van der Waals surface area (Å²) in [6.45, 7) is 4.87. The number of aromatic nitrogens is 2. The number of likely N-dealkylation sites (tertiary alicyclic amines) is 1. The van der Waals surface area contributed by atoms with Crippen molar-refractivity contribution in [2.45, 2.75) is 57.9 Å². The van der Waals surface area contributed by atoms with Gasteiger partial charge in [0.1, 0.15) is 5.75 Å². The number of amides is 1. The maximum Gasteiger partial charge on any atom is 0.223 e. The van der Waals surface area contributed by atoms with Crippen LogP contribution in [-0.4, -0.2) is 40.7 Å². The van der Waals surface area contributed by atoms with Crippen molar-refractivity contribution in [3.05, 3.63) is 41.6 Å². The van der Waals surface area contributed by atoms with E-state index >= 15 is 0 Å². The zero-order valence-electron chi connectivity index (χ0n) is 15.8. The summed E-state index contributed by atoms with van der Waals surface area (Å²) in [6.07, 6.45) is 3.82. The second-order valence-corrected chi connectivity index (χ2v) is 6.78. The van der Waals surface area contributed by atoms with Gasteiger partial charge in [0, 0.05) is 25.4 Å². The fraction of sp³-hybridized carbons (Fsp3) is 0.550. The highest BCUT2D eigenvalue weighted by Gasteiger charge is 2.34. The van der Waals surface area contributed by atoms with Crippen molar-refractivity contribution in [1.82, 2.24) is 15.1 Å². The van der Waals surface area contributed by atoms with Crippen LogP contribution in [0.5, 0.6) is 5.75 Å². The molecule has 0 spiro atoms. The lowest BCUT2D eigenvalue weighted by molar-refractivity contribution is -0.135. The smallest absolute Gasteiger partial charge is 0.223 e. The van der Waals surface area contributed by atoms with Gasteiger partial charge in [-0.1, -0.05) is 25.1 Å². The van der Waals surface area contributed by atoms with Crippen LogP contribution in [0.25, 0.3) is 0 Å². The van der Waals surface area contributed by atoms with E-state index in [-0.39, 0.29) is 17.9 Å². The predicted molar refractivity (Wildman–Crippen MR) is 98.1 cm³/mol. The van der Waals surface area contributed by atoms with E-state index in [0.29, 0.717) is 24.6 Å². The average molecular weight is 357 g/mol. The van der Waals surface area contributed by atoms with E-state index in [0.717, 1.165) is 37.1 Å². The highest BCUT2D eigenvalue weighted by Crippen LogP contribution is 2.32. The molecule has 2 atom stereocenters. The molecule has 0 N–H and O–H groups in total. The molecule has 2 aromatic rings. The fourth-order valence-corrected chi connectivity index (χ4v) is 3.68. The van der Waals surface area contributed by atoms with E-state index in [9.17, 15) is 4.79 Å². The topological polar surface area (TPSA) is 68.5 Å². The summed E-state index contributed by atoms with van der Waals surface area (Å²) in [7, 11) is 1.66. The number of methoxy groups -OCH3 is 1. The highest BCUT2D eigenvalue weighted by molar-refractivity contribution is 5.77. The van der Waals surface area contributed by atoms with Gasteiger partial charge in [-0.05, 0) is 37.8 Å². The summed E-state index contributed by atoms with van der Waals surface area (Å²) < 4.78 is 11.1. The van der Waals surface area contributed by atoms with Gasteiger partial charge in [0.05, 0.1) is 13.0 Å². The number of nitrogens with zero attached hydrogens (tertiary/aromatic N) is 3. The predicted octanol–water partition coefficient (Wildman–Crippen LogP) is 3.37. The molecule has 1 aromatic carbocycles. The van der Waals surface area contributed by atoms with Gasteiger partial charge in [-0.2, -0.15) is 0 Å². The van der Waals surface area contributed by atoms with E-state index in [1.807, 2.05) is 36.1 Å². The maximum absolute atomic E-state index is 12.8. The van der Waals surface area contributed by atoms with E-state index in [2.05, 4.69) is 17.1 Å². The van der Waals surface area contributed by atoms with Crippen molar-refractivity contribution in [1.29, 1.82) is 0 Å². The Morgan fingerprint density at radius 1 is 1.35 bits per heavy atom. The molecule has 6 nitrogen and oxygen atoms in total. The Morgan fingerprint density at radius 3 is 2.88 bits per heavy atom. The second-order valence-electron chi connectivity index (χ2n) is 6.78. The molecule has 0 radical (unpaired) electrons. The first kappa shape index (κ1) is 18.4. The average Bonchev–Trinajstić information content (AvgIpc) is 3.15. The molecule has 3 rings (SSSR count). The molecule has 1 aromatic heterocycles. The molecule has 0 saturated carbocycles. The molecule has 6 heteroatoms. The van der Waals surface area contributed by atoms with Crippen LogP contribution in [0.3, 0.4) is 0 Å². The Kier molecular flexibility index (Phi) is 5.91. The molecule has 1 fully saturated rings. The quantitative estimate of drug-likeness (QED) is 0.793. The van der Waals surface area contributed by atoms with Crippen molar-refractivity contribution in [3.63, 3.8) is 0 Å². The number of para-hydroxylation sites is 1. The molecule has 0 bridgehead atoms. The molecule has 0 aliphatic carbocycles. The number of piperidine rings is 1. The molecule has 1 saturated heterocycles. The molecule has 1 amide bonds. The minimum absolute atomic E-state index is 0.0686. The number of carbonyl (C=O) groups excluding carboxylic acids is 1. The number of benzene rings is 1. The van der Waals surface area contributed by atoms with Gasteiger partial charge in [0.15, 0.2) is 0 Å².